The first-order chi connectivity index (χ1) is 24.7. The summed E-state index contributed by atoms with van der Waals surface area (Å²) < 4.78 is 49.3. The summed E-state index contributed by atoms with van der Waals surface area (Å²) in [5, 5.41) is 27.6. The van der Waals surface area contributed by atoms with Crippen LogP contribution in [0.1, 0.15) is 24.5 Å². The summed E-state index contributed by atoms with van der Waals surface area (Å²) in [6, 6.07) is 18.2. The molecule has 0 bridgehead atoms. The van der Waals surface area contributed by atoms with Gasteiger partial charge in [-0.1, -0.05) is 36.4 Å². The molecule has 18 heteroatoms. The number of ether oxygens (including phenoxy) is 3. The molecule has 0 radical (unpaired) electrons. The molecule has 1 fully saturated rings. The third kappa shape index (κ3) is 8.85. The summed E-state index contributed by atoms with van der Waals surface area (Å²) in [4.78, 5) is 28.8. The van der Waals surface area contributed by atoms with Crippen LogP contribution in [0.25, 0.3) is 5.69 Å². The molecule has 2 amide bonds. The zero-order valence-electron chi connectivity index (χ0n) is 28.0. The van der Waals surface area contributed by atoms with Crippen molar-refractivity contribution in [2.24, 2.45) is 0 Å². The maximum Gasteiger partial charge on any atom is 0.511 e. The SMILES string of the molecule is C[C@@H](N1CCN(c2ccc(-n3cnnn3)cc2)C1=O)[C@@](O)(Cn1c[n+](COC(=O)OCCCOCc2ccccc2)cn1)c1ccc(F)cc1F.[Cl-]. The Labute approximate surface area is 303 Å². The highest BCUT2D eigenvalue weighted by molar-refractivity contribution is 5.94. The van der Waals surface area contributed by atoms with E-state index in [1.165, 1.54) is 42.7 Å². The second-order valence-corrected chi connectivity index (χ2v) is 11.8. The molecule has 15 nitrogen and oxygen atoms in total. The Morgan fingerprint density at radius 1 is 1.02 bits per heavy atom. The number of amides is 2. The Kier molecular flexibility index (Phi) is 12.4. The van der Waals surface area contributed by atoms with Crippen molar-refractivity contribution in [1.29, 1.82) is 0 Å². The summed E-state index contributed by atoms with van der Waals surface area (Å²) in [5.41, 5.74) is 0.0535. The molecule has 1 aliphatic heterocycles. The molecule has 0 aliphatic carbocycles. The number of anilines is 1. The number of aromatic nitrogens is 7. The number of carbonyl (C=O) groups is 2. The van der Waals surface area contributed by atoms with Crippen molar-refractivity contribution in [1.82, 2.24) is 34.9 Å². The number of halogens is 3. The van der Waals surface area contributed by atoms with Crippen molar-refractivity contribution in [3.63, 3.8) is 0 Å². The predicted molar refractivity (Wildman–Crippen MR) is 174 cm³/mol. The Bertz CT molecular complexity index is 1920. The van der Waals surface area contributed by atoms with E-state index in [1.807, 2.05) is 30.3 Å². The van der Waals surface area contributed by atoms with Crippen molar-refractivity contribution in [2.45, 2.75) is 44.9 Å². The Morgan fingerprint density at radius 2 is 1.79 bits per heavy atom. The van der Waals surface area contributed by atoms with Gasteiger partial charge in [-0.3, -0.25) is 4.90 Å². The summed E-state index contributed by atoms with van der Waals surface area (Å²) >= 11 is 0. The van der Waals surface area contributed by atoms with Crippen LogP contribution in [0.5, 0.6) is 0 Å². The molecule has 1 aliphatic rings. The van der Waals surface area contributed by atoms with E-state index in [4.69, 9.17) is 14.2 Å². The van der Waals surface area contributed by atoms with E-state index in [9.17, 15) is 19.1 Å². The van der Waals surface area contributed by atoms with Gasteiger partial charge in [0.25, 0.3) is 6.33 Å². The van der Waals surface area contributed by atoms with Crippen molar-refractivity contribution < 1.29 is 54.7 Å². The van der Waals surface area contributed by atoms with Crippen LogP contribution in [0.2, 0.25) is 0 Å². The van der Waals surface area contributed by atoms with Gasteiger partial charge in [0.05, 0.1) is 31.5 Å². The average molecular weight is 740 g/mol. The van der Waals surface area contributed by atoms with E-state index in [1.54, 1.807) is 31.2 Å². The molecule has 0 unspecified atom stereocenters. The van der Waals surface area contributed by atoms with Crippen LogP contribution in [-0.4, -0.2) is 84.5 Å². The van der Waals surface area contributed by atoms with Crippen LogP contribution in [0.4, 0.5) is 24.1 Å². The van der Waals surface area contributed by atoms with Crippen molar-refractivity contribution in [3.8, 4) is 5.69 Å². The van der Waals surface area contributed by atoms with E-state index in [-0.39, 0.29) is 44.4 Å². The Balaban J connectivity index is 0.00000523. The van der Waals surface area contributed by atoms with E-state index >= 15 is 4.39 Å². The molecule has 2 aromatic heterocycles. The zero-order chi connectivity index (χ0) is 35.8. The number of hydrogen-bond donors (Lipinski definition) is 1. The molecule has 52 heavy (non-hydrogen) atoms. The topological polar surface area (TPSA) is 154 Å². The second kappa shape index (κ2) is 17.1. The van der Waals surface area contributed by atoms with E-state index in [0.29, 0.717) is 43.6 Å². The van der Waals surface area contributed by atoms with Crippen LogP contribution < -0.4 is 21.9 Å². The number of tetrazole rings is 1. The van der Waals surface area contributed by atoms with E-state index in [2.05, 4.69) is 20.6 Å². The number of urea groups is 1. The lowest BCUT2D eigenvalue weighted by Gasteiger charge is -2.38. The molecule has 274 valence electrons. The molecule has 2 atom stereocenters. The number of rotatable bonds is 15. The number of aliphatic hydroxyl groups is 1. The highest BCUT2D eigenvalue weighted by atomic mass is 35.5. The molecule has 1 saturated heterocycles. The maximum atomic E-state index is 15.3. The lowest BCUT2D eigenvalue weighted by Crippen LogP contribution is -3.00. The highest BCUT2D eigenvalue weighted by Gasteiger charge is 2.47. The van der Waals surface area contributed by atoms with E-state index < -0.39 is 35.5 Å². The molecule has 5 aromatic rings. The standard InChI is InChI=1S/C34H36F2N9O6.ClH/c1-25(43-14-15-44(32(43)46)28-9-11-29(12-10-28)45-21-37-39-40-45)34(48,30-13-8-27(35)18-31(30)36)20-42-23-41(22-38-42)24-51-33(47)50-17-5-16-49-19-26-6-3-2-4-7-26;/h2-4,6-13,18,21-23,25,48H,5,14-17,19-20,24H2,1H3;1H/q+1;/p-1/t25-,34+;/m1./s1. The van der Waals surface area contributed by atoms with Crippen LogP contribution >= 0.6 is 0 Å². The first-order valence-electron chi connectivity index (χ1n) is 16.1. The molecule has 3 aromatic carbocycles. The van der Waals surface area contributed by atoms with Crippen LogP contribution in [0.15, 0.2) is 91.8 Å². The third-order valence-corrected chi connectivity index (χ3v) is 8.50. The lowest BCUT2D eigenvalue weighted by atomic mass is 9.85. The van der Waals surface area contributed by atoms with Gasteiger partial charge in [0.2, 0.25) is 13.1 Å². The second-order valence-electron chi connectivity index (χ2n) is 11.8. The predicted octanol–water partition coefficient (Wildman–Crippen LogP) is 0.365. The van der Waals surface area contributed by atoms with Crippen LogP contribution in [0.3, 0.4) is 0 Å². The summed E-state index contributed by atoms with van der Waals surface area (Å²) in [7, 11) is 0. The molecular formula is C34H36ClF2N9O6. The first-order valence-corrected chi connectivity index (χ1v) is 16.1. The monoisotopic (exact) mass is 739 g/mol. The van der Waals surface area contributed by atoms with Crippen molar-refractivity contribution >= 4 is 17.9 Å². The Hall–Kier alpha value is -5.52. The molecule has 6 rings (SSSR count). The normalized spacial score (nSPS) is 14.5. The molecule has 0 spiro atoms. The van der Waals surface area contributed by atoms with Gasteiger partial charge in [0, 0.05) is 41.9 Å². The number of nitrogens with zero attached hydrogens (tertiary/aromatic N) is 9. The summed E-state index contributed by atoms with van der Waals surface area (Å²) in [5.74, 6) is -1.80. The van der Waals surface area contributed by atoms with Crippen LogP contribution in [-0.2, 0) is 39.7 Å². The minimum Gasteiger partial charge on any atom is -1.00 e. The minimum absolute atomic E-state index is 0. The van der Waals surface area contributed by atoms with Gasteiger partial charge in [-0.15, -0.1) is 9.78 Å². The van der Waals surface area contributed by atoms with Gasteiger partial charge in [-0.2, -0.15) is 0 Å². The quantitative estimate of drug-likeness (QED) is 0.0906. The smallest absolute Gasteiger partial charge is 0.511 e. The molecular weight excluding hydrogens is 704 g/mol. The van der Waals surface area contributed by atoms with Gasteiger partial charge < -0.3 is 36.6 Å². The van der Waals surface area contributed by atoms with Gasteiger partial charge in [0.15, 0.2) is 0 Å². The maximum absolute atomic E-state index is 15.3. The number of carbonyl (C=O) groups excluding carboxylic acids is 2. The fourth-order valence-electron chi connectivity index (χ4n) is 5.77. The van der Waals surface area contributed by atoms with Crippen molar-refractivity contribution in [3.05, 3.63) is 115 Å². The summed E-state index contributed by atoms with van der Waals surface area (Å²) in [6.45, 7) is 2.48. The van der Waals surface area contributed by atoms with Gasteiger partial charge in [0.1, 0.15) is 30.1 Å². The fraction of sp³-hybridized carbons (Fsp3) is 0.324. The van der Waals surface area contributed by atoms with Gasteiger partial charge >= 0.3 is 12.2 Å². The van der Waals surface area contributed by atoms with Crippen molar-refractivity contribution in [2.75, 3.05) is 31.2 Å². The van der Waals surface area contributed by atoms with E-state index in [0.717, 1.165) is 17.7 Å². The molecule has 0 saturated carbocycles. The highest BCUT2D eigenvalue weighted by Crippen LogP contribution is 2.35. The lowest BCUT2D eigenvalue weighted by molar-refractivity contribution is -0.728. The number of hydrogen-bond acceptors (Lipinski definition) is 10. The van der Waals surface area contributed by atoms with Gasteiger partial charge in [-0.05, 0) is 53.2 Å². The average Bonchev–Trinajstić information content (AvgIpc) is 3.91. The fourth-order valence-corrected chi connectivity index (χ4v) is 5.77. The molecule has 1 N–H and O–H groups in total. The number of benzene rings is 3. The minimum atomic E-state index is -2.07. The molecule has 3 heterocycles. The van der Waals surface area contributed by atoms with Gasteiger partial charge in [-0.25, -0.2) is 27.6 Å². The largest absolute Gasteiger partial charge is 1.00 e. The zero-order valence-corrected chi connectivity index (χ0v) is 28.8. The first kappa shape index (κ1) is 37.7. The third-order valence-electron chi connectivity index (χ3n) is 8.50. The van der Waals surface area contributed by atoms with Crippen LogP contribution in [0, 0.1) is 11.6 Å². The Morgan fingerprint density at radius 3 is 2.52 bits per heavy atom. The summed E-state index contributed by atoms with van der Waals surface area (Å²) in [6.07, 6.45) is 3.82.